The first-order valence-electron chi connectivity index (χ1n) is 7.47. The molecule has 0 fully saturated rings. The number of hydrogen-bond donors (Lipinski definition) is 2. The lowest BCUT2D eigenvalue weighted by Gasteiger charge is -2.11. The minimum atomic E-state index is -0.181. The van der Waals surface area contributed by atoms with Gasteiger partial charge in [-0.3, -0.25) is 4.79 Å². The third-order valence-electron chi connectivity index (χ3n) is 3.64. The summed E-state index contributed by atoms with van der Waals surface area (Å²) in [5, 5.41) is 6.03. The van der Waals surface area contributed by atoms with Crippen molar-refractivity contribution in [1.29, 1.82) is 0 Å². The molecule has 0 aliphatic rings. The van der Waals surface area contributed by atoms with Crippen molar-refractivity contribution in [1.82, 2.24) is 15.3 Å². The number of nitrogens with one attached hydrogen (secondary N) is 2. The molecule has 1 heterocycles. The van der Waals surface area contributed by atoms with E-state index >= 15 is 0 Å². The Kier molecular flexibility index (Phi) is 5.09. The van der Waals surface area contributed by atoms with Crippen LogP contribution in [0, 0.1) is 13.8 Å². The van der Waals surface area contributed by atoms with E-state index in [0.29, 0.717) is 11.6 Å². The van der Waals surface area contributed by atoms with Gasteiger partial charge in [0.1, 0.15) is 5.69 Å². The van der Waals surface area contributed by atoms with Crippen LogP contribution in [0.5, 0.6) is 0 Å². The molecule has 5 nitrogen and oxygen atoms in total. The Morgan fingerprint density at radius 1 is 1.23 bits per heavy atom. The van der Waals surface area contributed by atoms with Crippen molar-refractivity contribution in [2.75, 3.05) is 5.32 Å². The van der Waals surface area contributed by atoms with Crippen molar-refractivity contribution in [3.8, 4) is 0 Å². The van der Waals surface area contributed by atoms with E-state index in [9.17, 15) is 4.79 Å². The zero-order valence-corrected chi connectivity index (χ0v) is 13.5. The highest BCUT2D eigenvalue weighted by Gasteiger charge is 2.11. The number of carbonyl (C=O) groups excluding carboxylic acids is 1. The molecule has 22 heavy (non-hydrogen) atoms. The lowest BCUT2D eigenvalue weighted by Crippen LogP contribution is -2.32. The number of anilines is 2. The van der Waals surface area contributed by atoms with E-state index in [2.05, 4.69) is 34.4 Å². The highest BCUT2D eigenvalue weighted by atomic mass is 16.1. The van der Waals surface area contributed by atoms with E-state index in [-0.39, 0.29) is 11.9 Å². The second kappa shape index (κ2) is 7.02. The van der Waals surface area contributed by atoms with E-state index in [1.165, 1.54) is 11.1 Å². The zero-order valence-electron chi connectivity index (χ0n) is 13.5. The summed E-state index contributed by atoms with van der Waals surface area (Å²) in [7, 11) is 0. The number of carbonyl (C=O) groups is 1. The summed E-state index contributed by atoms with van der Waals surface area (Å²) in [6.07, 6.45) is 2.46. The van der Waals surface area contributed by atoms with Crippen LogP contribution in [0.1, 0.15) is 41.9 Å². The van der Waals surface area contributed by atoms with Gasteiger partial charge in [-0.1, -0.05) is 13.0 Å². The molecule has 0 saturated heterocycles. The normalized spacial score (nSPS) is 11.8. The number of amides is 1. The molecule has 0 aliphatic heterocycles. The molecule has 2 N–H and O–H groups in total. The molecule has 0 aliphatic carbocycles. The predicted molar refractivity (Wildman–Crippen MR) is 88.4 cm³/mol. The Labute approximate surface area is 131 Å². The van der Waals surface area contributed by atoms with Gasteiger partial charge in [0, 0.05) is 17.9 Å². The van der Waals surface area contributed by atoms with Crippen molar-refractivity contribution in [2.45, 2.75) is 40.2 Å². The maximum Gasteiger partial charge on any atom is 0.270 e. The van der Waals surface area contributed by atoms with Gasteiger partial charge < -0.3 is 10.6 Å². The molecule has 1 aromatic carbocycles. The van der Waals surface area contributed by atoms with Gasteiger partial charge in [-0.2, -0.15) is 0 Å². The Hall–Kier alpha value is -2.43. The van der Waals surface area contributed by atoms with Crippen molar-refractivity contribution >= 4 is 17.5 Å². The third kappa shape index (κ3) is 4.04. The summed E-state index contributed by atoms with van der Waals surface area (Å²) in [6.45, 7) is 8.11. The first-order valence-corrected chi connectivity index (χ1v) is 7.47. The average molecular weight is 298 g/mol. The number of rotatable bonds is 5. The molecule has 0 bridgehead atoms. The standard InChI is InChI=1S/C17H22N4O/c1-5-13(4)19-16(22)15-8-9-18-17(21-15)20-14-7-6-11(2)12(3)10-14/h6-10,13H,5H2,1-4H3,(H,19,22)(H,18,20,21). The van der Waals surface area contributed by atoms with E-state index in [4.69, 9.17) is 0 Å². The van der Waals surface area contributed by atoms with Crippen LogP contribution < -0.4 is 10.6 Å². The fourth-order valence-electron chi connectivity index (χ4n) is 1.89. The van der Waals surface area contributed by atoms with Gasteiger partial charge in [-0.25, -0.2) is 9.97 Å². The van der Waals surface area contributed by atoms with Crippen LogP contribution >= 0.6 is 0 Å². The van der Waals surface area contributed by atoms with Crippen molar-refractivity contribution in [2.24, 2.45) is 0 Å². The molecular weight excluding hydrogens is 276 g/mol. The summed E-state index contributed by atoms with van der Waals surface area (Å²) < 4.78 is 0. The summed E-state index contributed by atoms with van der Waals surface area (Å²) >= 11 is 0. The molecule has 2 aromatic rings. The van der Waals surface area contributed by atoms with Gasteiger partial charge in [-0.15, -0.1) is 0 Å². The van der Waals surface area contributed by atoms with Crippen LogP contribution in [0.2, 0.25) is 0 Å². The molecule has 1 amide bonds. The van der Waals surface area contributed by atoms with Crippen molar-refractivity contribution in [3.05, 3.63) is 47.3 Å². The van der Waals surface area contributed by atoms with E-state index in [1.54, 1.807) is 12.3 Å². The predicted octanol–water partition coefficient (Wildman–Crippen LogP) is 3.37. The minimum absolute atomic E-state index is 0.124. The average Bonchev–Trinajstić information content (AvgIpc) is 2.51. The first-order chi connectivity index (χ1) is 10.5. The molecular formula is C17H22N4O. The van der Waals surface area contributed by atoms with Crippen molar-refractivity contribution in [3.63, 3.8) is 0 Å². The highest BCUT2D eigenvalue weighted by molar-refractivity contribution is 5.92. The third-order valence-corrected chi connectivity index (χ3v) is 3.64. The van der Waals surface area contributed by atoms with E-state index < -0.39 is 0 Å². The Balaban J connectivity index is 2.14. The van der Waals surface area contributed by atoms with Crippen LogP contribution in [0.3, 0.4) is 0 Å². The molecule has 0 spiro atoms. The molecule has 0 saturated carbocycles. The second-order valence-electron chi connectivity index (χ2n) is 5.47. The smallest absolute Gasteiger partial charge is 0.270 e. The Morgan fingerprint density at radius 2 is 2.00 bits per heavy atom. The SMILES string of the molecule is CCC(C)NC(=O)c1ccnc(Nc2ccc(C)c(C)c2)n1. The Bertz CT molecular complexity index is 669. The van der Waals surface area contributed by atoms with Crippen LogP contribution in [0.25, 0.3) is 0 Å². The lowest BCUT2D eigenvalue weighted by molar-refractivity contribution is 0.0934. The maximum atomic E-state index is 12.1. The van der Waals surface area contributed by atoms with Gasteiger partial charge >= 0.3 is 0 Å². The van der Waals surface area contributed by atoms with Crippen LogP contribution in [0.15, 0.2) is 30.5 Å². The summed E-state index contributed by atoms with van der Waals surface area (Å²) in [5.41, 5.74) is 3.69. The van der Waals surface area contributed by atoms with Crippen LogP contribution in [-0.4, -0.2) is 21.9 Å². The second-order valence-corrected chi connectivity index (χ2v) is 5.47. The summed E-state index contributed by atoms with van der Waals surface area (Å²) in [6, 6.07) is 7.78. The van der Waals surface area contributed by atoms with Crippen molar-refractivity contribution < 1.29 is 4.79 Å². The molecule has 1 atom stereocenters. The number of aromatic nitrogens is 2. The molecule has 5 heteroatoms. The van der Waals surface area contributed by atoms with Crippen LogP contribution in [-0.2, 0) is 0 Å². The molecule has 2 rings (SSSR count). The lowest BCUT2D eigenvalue weighted by atomic mass is 10.1. The largest absolute Gasteiger partial charge is 0.348 e. The molecule has 116 valence electrons. The topological polar surface area (TPSA) is 66.9 Å². The maximum absolute atomic E-state index is 12.1. The van der Waals surface area contributed by atoms with Gasteiger partial charge in [0.15, 0.2) is 0 Å². The van der Waals surface area contributed by atoms with Gasteiger partial charge in [-0.05, 0) is 56.5 Å². The minimum Gasteiger partial charge on any atom is -0.348 e. The summed E-state index contributed by atoms with van der Waals surface area (Å²) in [5.74, 6) is 0.236. The molecule has 1 aromatic heterocycles. The monoisotopic (exact) mass is 298 g/mol. The van der Waals surface area contributed by atoms with Gasteiger partial charge in [0.2, 0.25) is 5.95 Å². The fraction of sp³-hybridized carbons (Fsp3) is 0.353. The Morgan fingerprint density at radius 3 is 2.68 bits per heavy atom. The first kappa shape index (κ1) is 15.9. The number of benzene rings is 1. The highest BCUT2D eigenvalue weighted by Crippen LogP contribution is 2.17. The summed E-state index contributed by atoms with van der Waals surface area (Å²) in [4.78, 5) is 20.5. The number of aryl methyl sites for hydroxylation is 2. The number of hydrogen-bond acceptors (Lipinski definition) is 4. The quantitative estimate of drug-likeness (QED) is 0.888. The van der Waals surface area contributed by atoms with Crippen LogP contribution in [0.4, 0.5) is 11.6 Å². The fourth-order valence-corrected chi connectivity index (χ4v) is 1.89. The molecule has 0 radical (unpaired) electrons. The van der Waals surface area contributed by atoms with E-state index in [0.717, 1.165) is 12.1 Å². The van der Waals surface area contributed by atoms with Gasteiger partial charge in [0.25, 0.3) is 5.91 Å². The van der Waals surface area contributed by atoms with Gasteiger partial charge in [0.05, 0.1) is 0 Å². The zero-order chi connectivity index (χ0) is 16.1. The number of nitrogens with zero attached hydrogens (tertiary/aromatic N) is 2. The van der Waals surface area contributed by atoms with E-state index in [1.807, 2.05) is 32.0 Å². The molecule has 1 unspecified atom stereocenters.